The lowest BCUT2D eigenvalue weighted by molar-refractivity contribution is -0.122. The van der Waals surface area contributed by atoms with Crippen molar-refractivity contribution < 1.29 is 4.79 Å². The normalized spacial score (nSPS) is 10.3. The predicted octanol–water partition coefficient (Wildman–Crippen LogP) is 2.51. The molecule has 0 saturated carbocycles. The molecule has 17 heavy (non-hydrogen) atoms. The van der Waals surface area contributed by atoms with Crippen LogP contribution < -0.4 is 5.43 Å². The van der Waals surface area contributed by atoms with Crippen LogP contribution in [0.4, 0.5) is 0 Å². The van der Waals surface area contributed by atoms with Crippen molar-refractivity contribution in [1.29, 1.82) is 0 Å². The van der Waals surface area contributed by atoms with Gasteiger partial charge in [-0.05, 0) is 18.9 Å². The second-order valence-corrected chi connectivity index (χ2v) is 4.13. The summed E-state index contributed by atoms with van der Waals surface area (Å²) in [6.07, 6.45) is 0.989. The number of rotatable bonds is 6. The minimum Gasteiger partial charge on any atom is -0.285 e. The van der Waals surface area contributed by atoms with E-state index in [2.05, 4.69) is 31.1 Å². The van der Waals surface area contributed by atoms with Crippen LogP contribution in [0.3, 0.4) is 0 Å². The van der Waals surface area contributed by atoms with E-state index in [4.69, 9.17) is 0 Å². The number of hydrogen-bond acceptors (Lipinski definition) is 2. The minimum absolute atomic E-state index is 0.116. The van der Waals surface area contributed by atoms with Gasteiger partial charge in [-0.1, -0.05) is 43.8 Å². The van der Waals surface area contributed by atoms with Crippen LogP contribution in [0.15, 0.2) is 42.5 Å². The lowest BCUT2D eigenvalue weighted by Gasteiger charge is -2.22. The zero-order chi connectivity index (χ0) is 12.7. The molecule has 0 bridgehead atoms. The molecular weight excluding hydrogens is 212 g/mol. The van der Waals surface area contributed by atoms with Crippen molar-refractivity contribution in [2.75, 3.05) is 6.54 Å². The van der Waals surface area contributed by atoms with Crippen LogP contribution in [0.25, 0.3) is 0 Å². The molecule has 3 nitrogen and oxygen atoms in total. The molecule has 1 amide bonds. The van der Waals surface area contributed by atoms with Crippen LogP contribution in [-0.2, 0) is 11.3 Å². The highest BCUT2D eigenvalue weighted by molar-refractivity contribution is 5.91. The third-order valence-corrected chi connectivity index (χ3v) is 2.36. The molecule has 1 N–H and O–H groups in total. The van der Waals surface area contributed by atoms with Gasteiger partial charge in [-0.3, -0.25) is 10.2 Å². The summed E-state index contributed by atoms with van der Waals surface area (Å²) in [5, 5.41) is 1.92. The van der Waals surface area contributed by atoms with E-state index in [1.165, 1.54) is 5.56 Å². The van der Waals surface area contributed by atoms with Crippen LogP contribution >= 0.6 is 0 Å². The quantitative estimate of drug-likeness (QED) is 0.603. The molecule has 0 fully saturated rings. The Morgan fingerprint density at radius 3 is 2.53 bits per heavy atom. The van der Waals surface area contributed by atoms with Crippen molar-refractivity contribution in [3.05, 3.63) is 48.0 Å². The minimum atomic E-state index is -0.116. The van der Waals surface area contributed by atoms with Gasteiger partial charge in [0.15, 0.2) is 0 Å². The fourth-order valence-corrected chi connectivity index (χ4v) is 1.49. The van der Waals surface area contributed by atoms with Crippen molar-refractivity contribution in [1.82, 2.24) is 10.4 Å². The number of hydrazine groups is 1. The fourth-order valence-electron chi connectivity index (χ4n) is 1.49. The summed E-state index contributed by atoms with van der Waals surface area (Å²) in [6, 6.07) is 10.1. The van der Waals surface area contributed by atoms with Crippen molar-refractivity contribution in [3.8, 4) is 0 Å². The van der Waals surface area contributed by atoms with Gasteiger partial charge in [-0.15, -0.1) is 0 Å². The molecule has 0 aliphatic rings. The fraction of sp³-hybridized carbons (Fsp3) is 0.357. The van der Waals surface area contributed by atoms with Gasteiger partial charge in [0, 0.05) is 18.7 Å². The topological polar surface area (TPSA) is 32.3 Å². The van der Waals surface area contributed by atoms with Crippen LogP contribution in [0.5, 0.6) is 0 Å². The maximum Gasteiger partial charge on any atom is 0.260 e. The van der Waals surface area contributed by atoms with Gasteiger partial charge in [-0.25, -0.2) is 5.01 Å². The Morgan fingerprint density at radius 2 is 2.00 bits per heavy atom. The van der Waals surface area contributed by atoms with Gasteiger partial charge >= 0.3 is 0 Å². The summed E-state index contributed by atoms with van der Waals surface area (Å²) in [7, 11) is 0. The van der Waals surface area contributed by atoms with Crippen LogP contribution in [0.2, 0.25) is 0 Å². The Morgan fingerprint density at radius 1 is 1.35 bits per heavy atom. The van der Waals surface area contributed by atoms with E-state index in [0.717, 1.165) is 13.0 Å². The second-order valence-electron chi connectivity index (χ2n) is 4.13. The Balaban J connectivity index is 2.60. The zero-order valence-corrected chi connectivity index (χ0v) is 10.6. The first-order chi connectivity index (χ1) is 8.13. The molecular formula is C14H20N2O. The highest BCUT2D eigenvalue weighted by Crippen LogP contribution is 2.03. The predicted molar refractivity (Wildman–Crippen MR) is 70.1 cm³/mol. The molecule has 1 aromatic rings. The molecule has 0 atom stereocenters. The maximum atomic E-state index is 11.6. The molecule has 0 radical (unpaired) electrons. The number of nitrogens with zero attached hydrogens (tertiary/aromatic N) is 1. The van der Waals surface area contributed by atoms with Gasteiger partial charge in [0.25, 0.3) is 5.91 Å². The largest absolute Gasteiger partial charge is 0.285 e. The van der Waals surface area contributed by atoms with Crippen molar-refractivity contribution in [2.24, 2.45) is 0 Å². The highest BCUT2D eigenvalue weighted by Gasteiger charge is 2.09. The first-order valence-corrected chi connectivity index (χ1v) is 5.89. The smallest absolute Gasteiger partial charge is 0.260 e. The van der Waals surface area contributed by atoms with E-state index >= 15 is 0 Å². The number of carbonyl (C=O) groups excluding carboxylic acids is 1. The lowest BCUT2D eigenvalue weighted by atomic mass is 10.2. The summed E-state index contributed by atoms with van der Waals surface area (Å²) in [5.41, 5.74) is 4.57. The number of nitrogens with one attached hydrogen (secondary N) is 1. The number of carbonyl (C=O) groups is 1. The zero-order valence-electron chi connectivity index (χ0n) is 10.6. The maximum absolute atomic E-state index is 11.6. The van der Waals surface area contributed by atoms with E-state index in [9.17, 15) is 4.79 Å². The van der Waals surface area contributed by atoms with E-state index in [1.807, 2.05) is 23.2 Å². The van der Waals surface area contributed by atoms with E-state index < -0.39 is 0 Å². The highest BCUT2D eigenvalue weighted by atomic mass is 16.2. The van der Waals surface area contributed by atoms with Crippen LogP contribution in [0.1, 0.15) is 25.8 Å². The molecule has 0 aliphatic carbocycles. The van der Waals surface area contributed by atoms with Gasteiger partial charge in [0.1, 0.15) is 0 Å². The Bertz CT molecular complexity index is 373. The molecule has 0 saturated heterocycles. The van der Waals surface area contributed by atoms with Gasteiger partial charge in [0.2, 0.25) is 0 Å². The summed E-state index contributed by atoms with van der Waals surface area (Å²) in [4.78, 5) is 11.6. The Labute approximate surface area is 103 Å². The SMILES string of the molecule is C=C(C)C(=O)NN(CCC)Cc1ccccc1. The second kappa shape index (κ2) is 6.86. The van der Waals surface area contributed by atoms with Gasteiger partial charge in [0.05, 0.1) is 0 Å². The standard InChI is InChI=1S/C14H20N2O/c1-4-10-16(15-14(17)12(2)3)11-13-8-6-5-7-9-13/h5-9H,2,4,10-11H2,1,3H3,(H,15,17). The molecule has 0 spiro atoms. The van der Waals surface area contributed by atoms with Crippen LogP contribution in [-0.4, -0.2) is 17.5 Å². The average Bonchev–Trinajstić information content (AvgIpc) is 2.30. The van der Waals surface area contributed by atoms with Gasteiger partial charge in [-0.2, -0.15) is 0 Å². The Kier molecular flexibility index (Phi) is 5.43. The molecule has 3 heteroatoms. The Hall–Kier alpha value is -1.61. The summed E-state index contributed by atoms with van der Waals surface area (Å²) in [5.74, 6) is -0.116. The first-order valence-electron chi connectivity index (χ1n) is 5.89. The summed E-state index contributed by atoms with van der Waals surface area (Å²) >= 11 is 0. The molecule has 0 aromatic heterocycles. The van der Waals surface area contributed by atoms with E-state index in [1.54, 1.807) is 6.92 Å². The van der Waals surface area contributed by atoms with Crippen molar-refractivity contribution in [2.45, 2.75) is 26.8 Å². The molecule has 1 rings (SSSR count). The molecule has 0 aliphatic heterocycles. The number of hydrogen-bond donors (Lipinski definition) is 1. The first kappa shape index (κ1) is 13.5. The average molecular weight is 232 g/mol. The van der Waals surface area contributed by atoms with E-state index in [0.29, 0.717) is 12.1 Å². The molecule has 1 aromatic carbocycles. The van der Waals surface area contributed by atoms with E-state index in [-0.39, 0.29) is 5.91 Å². The third kappa shape index (κ3) is 4.83. The molecule has 0 heterocycles. The van der Waals surface area contributed by atoms with Crippen molar-refractivity contribution >= 4 is 5.91 Å². The molecule has 92 valence electrons. The lowest BCUT2D eigenvalue weighted by Crippen LogP contribution is -2.42. The third-order valence-electron chi connectivity index (χ3n) is 2.36. The molecule has 0 unspecified atom stereocenters. The van der Waals surface area contributed by atoms with Gasteiger partial charge < -0.3 is 0 Å². The number of benzene rings is 1. The summed E-state index contributed by atoms with van der Waals surface area (Å²) in [6.45, 7) is 8.98. The van der Waals surface area contributed by atoms with Crippen molar-refractivity contribution in [3.63, 3.8) is 0 Å². The number of amides is 1. The van der Waals surface area contributed by atoms with Crippen LogP contribution in [0, 0.1) is 0 Å². The summed E-state index contributed by atoms with van der Waals surface area (Å²) < 4.78 is 0. The monoisotopic (exact) mass is 232 g/mol.